The van der Waals surface area contributed by atoms with Gasteiger partial charge in [0.2, 0.25) is 11.6 Å². The number of methoxy groups -OCH3 is 1. The summed E-state index contributed by atoms with van der Waals surface area (Å²) < 4.78 is 36.1. The Morgan fingerprint density at radius 1 is 1.07 bits per heavy atom. The van der Waals surface area contributed by atoms with Crippen LogP contribution in [0, 0.1) is 18.3 Å². The van der Waals surface area contributed by atoms with Gasteiger partial charge in [0, 0.05) is 41.0 Å². The summed E-state index contributed by atoms with van der Waals surface area (Å²) in [5.41, 5.74) is 0.355. The van der Waals surface area contributed by atoms with Gasteiger partial charge in [0.05, 0.1) is 6.57 Å². The SMILES string of the molecule is [C-]#[N+]c1ccc(CN2CCCC[C@H](NC(=O)[C@H](OC)[C@H](OC(C)=O)[C@@H](OC(C)=O)[C@@H](/C=C/C(C)CC)OC(C)=O)C2=O)cc1F. The fourth-order valence-corrected chi connectivity index (χ4v) is 4.85. The van der Waals surface area contributed by atoms with Gasteiger partial charge in [-0.15, -0.1) is 0 Å². The summed E-state index contributed by atoms with van der Waals surface area (Å²) >= 11 is 0. The van der Waals surface area contributed by atoms with Crippen LogP contribution >= 0.6 is 0 Å². The smallest absolute Gasteiger partial charge is 0.303 e. The Balaban J connectivity index is 2.40. The van der Waals surface area contributed by atoms with E-state index in [0.717, 1.165) is 27.2 Å². The maximum absolute atomic E-state index is 14.2. The van der Waals surface area contributed by atoms with E-state index < -0.39 is 66.0 Å². The van der Waals surface area contributed by atoms with Crippen molar-refractivity contribution >= 4 is 35.4 Å². The van der Waals surface area contributed by atoms with Crippen LogP contribution in [0.15, 0.2) is 30.4 Å². The molecule has 1 N–H and O–H groups in total. The van der Waals surface area contributed by atoms with Gasteiger partial charge >= 0.3 is 17.9 Å². The number of esters is 3. The molecule has 1 saturated heterocycles. The molecule has 0 aromatic heterocycles. The van der Waals surface area contributed by atoms with Crippen molar-refractivity contribution in [2.45, 2.75) is 97.3 Å². The van der Waals surface area contributed by atoms with Crippen molar-refractivity contribution in [2.75, 3.05) is 13.7 Å². The molecule has 1 aromatic carbocycles. The van der Waals surface area contributed by atoms with E-state index in [4.69, 9.17) is 25.5 Å². The molecule has 1 aliphatic rings. The van der Waals surface area contributed by atoms with E-state index in [2.05, 4.69) is 10.2 Å². The van der Waals surface area contributed by atoms with Crippen LogP contribution in [0.3, 0.4) is 0 Å². The number of benzene rings is 1. The number of hydrogen-bond donors (Lipinski definition) is 1. The first-order chi connectivity index (χ1) is 21.3. The lowest BCUT2D eigenvalue weighted by molar-refractivity contribution is -0.192. The van der Waals surface area contributed by atoms with Crippen LogP contribution in [0.2, 0.25) is 0 Å². The van der Waals surface area contributed by atoms with Crippen LogP contribution < -0.4 is 5.32 Å². The van der Waals surface area contributed by atoms with Gasteiger partial charge < -0.3 is 29.2 Å². The minimum Gasteiger partial charge on any atom is -0.455 e. The lowest BCUT2D eigenvalue weighted by Gasteiger charge is -2.34. The molecular weight excluding hydrogens is 589 g/mol. The van der Waals surface area contributed by atoms with Crippen molar-refractivity contribution in [1.82, 2.24) is 10.2 Å². The molecule has 0 saturated carbocycles. The Labute approximate surface area is 263 Å². The molecule has 13 heteroatoms. The molecule has 0 spiro atoms. The molecule has 1 unspecified atom stereocenters. The first-order valence-corrected chi connectivity index (χ1v) is 14.8. The molecule has 1 aliphatic heterocycles. The molecule has 246 valence electrons. The Morgan fingerprint density at radius 3 is 2.27 bits per heavy atom. The summed E-state index contributed by atoms with van der Waals surface area (Å²) in [4.78, 5) is 68.3. The van der Waals surface area contributed by atoms with Gasteiger partial charge in [-0.05, 0) is 42.9 Å². The van der Waals surface area contributed by atoms with Gasteiger partial charge in [0.1, 0.15) is 11.9 Å². The average Bonchev–Trinajstić information content (AvgIpc) is 3.14. The molecule has 0 aliphatic carbocycles. The van der Waals surface area contributed by atoms with Gasteiger partial charge in [-0.2, -0.15) is 0 Å². The number of halogens is 1. The van der Waals surface area contributed by atoms with E-state index in [1.807, 2.05) is 13.8 Å². The molecule has 1 aromatic rings. The highest BCUT2D eigenvalue weighted by Gasteiger charge is 2.45. The fraction of sp³-hybridized carbons (Fsp3) is 0.562. The van der Waals surface area contributed by atoms with E-state index >= 15 is 0 Å². The van der Waals surface area contributed by atoms with E-state index in [1.54, 1.807) is 12.1 Å². The highest BCUT2D eigenvalue weighted by molar-refractivity contribution is 5.90. The Kier molecular flexibility index (Phi) is 14.6. The first kappa shape index (κ1) is 36.9. The zero-order valence-corrected chi connectivity index (χ0v) is 26.5. The topological polar surface area (TPSA) is 142 Å². The van der Waals surface area contributed by atoms with Crippen molar-refractivity contribution in [3.8, 4) is 0 Å². The summed E-state index contributed by atoms with van der Waals surface area (Å²) in [7, 11) is 1.18. The van der Waals surface area contributed by atoms with Crippen LogP contribution in [0.25, 0.3) is 4.85 Å². The number of allylic oxidation sites excluding steroid dienone is 1. The monoisotopic (exact) mass is 631 g/mol. The Morgan fingerprint density at radius 2 is 1.71 bits per heavy atom. The normalized spacial score (nSPS) is 18.5. The summed E-state index contributed by atoms with van der Waals surface area (Å²) in [5, 5.41) is 2.68. The summed E-state index contributed by atoms with van der Waals surface area (Å²) in [6.45, 7) is 14.7. The predicted octanol–water partition coefficient (Wildman–Crippen LogP) is 3.79. The van der Waals surface area contributed by atoms with E-state index in [-0.39, 0.29) is 18.2 Å². The molecular formula is C32H42FN3O9. The van der Waals surface area contributed by atoms with Gasteiger partial charge in [0.25, 0.3) is 5.91 Å². The summed E-state index contributed by atoms with van der Waals surface area (Å²) in [6, 6.07) is 3.12. The first-order valence-electron chi connectivity index (χ1n) is 14.8. The van der Waals surface area contributed by atoms with Crippen molar-refractivity contribution < 1.29 is 47.3 Å². The molecule has 2 amide bonds. The lowest BCUT2D eigenvalue weighted by atomic mass is 9.98. The highest BCUT2D eigenvalue weighted by Crippen LogP contribution is 2.24. The molecule has 0 radical (unpaired) electrons. The third kappa shape index (κ3) is 11.3. The number of rotatable bonds is 14. The third-order valence-electron chi connectivity index (χ3n) is 7.24. The number of carbonyl (C=O) groups is 5. The minimum absolute atomic E-state index is 0.0565. The average molecular weight is 632 g/mol. The Bertz CT molecular complexity index is 1290. The fourth-order valence-electron chi connectivity index (χ4n) is 4.85. The van der Waals surface area contributed by atoms with Crippen LogP contribution in [-0.4, -0.2) is 78.7 Å². The Hall–Kier alpha value is -4.31. The zero-order valence-electron chi connectivity index (χ0n) is 26.5. The molecule has 1 fully saturated rings. The number of hydrogen-bond acceptors (Lipinski definition) is 9. The molecule has 45 heavy (non-hydrogen) atoms. The largest absolute Gasteiger partial charge is 0.455 e. The maximum atomic E-state index is 14.2. The number of nitrogens with one attached hydrogen (secondary N) is 1. The molecule has 12 nitrogen and oxygen atoms in total. The second kappa shape index (κ2) is 17.9. The van der Waals surface area contributed by atoms with Crippen molar-refractivity contribution in [2.24, 2.45) is 5.92 Å². The van der Waals surface area contributed by atoms with Crippen molar-refractivity contribution in [3.63, 3.8) is 0 Å². The predicted molar refractivity (Wildman–Crippen MR) is 160 cm³/mol. The molecule has 0 bridgehead atoms. The van der Waals surface area contributed by atoms with Gasteiger partial charge in [0.15, 0.2) is 24.4 Å². The molecule has 1 heterocycles. The lowest BCUT2D eigenvalue weighted by Crippen LogP contribution is -2.58. The summed E-state index contributed by atoms with van der Waals surface area (Å²) in [5.74, 6) is -4.21. The van der Waals surface area contributed by atoms with Crippen LogP contribution in [0.4, 0.5) is 10.1 Å². The third-order valence-corrected chi connectivity index (χ3v) is 7.24. The van der Waals surface area contributed by atoms with Gasteiger partial charge in [-0.25, -0.2) is 9.24 Å². The standard InChI is InChI=1S/C32H42FN3O9/c1-8-19(2)12-15-27(43-20(3)37)28(44-21(4)38)29(45-22(5)39)30(42-7)31(40)35-26-11-9-10-16-36(32(26)41)18-23-13-14-25(34-6)24(33)17-23/h12-15,17,19,26-30H,8-11,16,18H2,1-5,7H3,(H,35,40)/b15-12+/t19?,26-,27+,28-,29+,30+/m0/s1. The van der Waals surface area contributed by atoms with Crippen LogP contribution in [0.1, 0.15) is 65.9 Å². The number of carbonyl (C=O) groups excluding carboxylic acids is 5. The van der Waals surface area contributed by atoms with Crippen LogP contribution in [0.5, 0.6) is 0 Å². The molecule has 2 rings (SSSR count). The van der Waals surface area contributed by atoms with E-state index in [1.165, 1.54) is 30.2 Å². The van der Waals surface area contributed by atoms with Gasteiger partial charge in [-0.1, -0.05) is 38.5 Å². The van der Waals surface area contributed by atoms with E-state index in [9.17, 15) is 28.4 Å². The van der Waals surface area contributed by atoms with Crippen molar-refractivity contribution in [1.29, 1.82) is 0 Å². The maximum Gasteiger partial charge on any atom is 0.303 e. The summed E-state index contributed by atoms with van der Waals surface area (Å²) in [6.07, 6.45) is -0.383. The van der Waals surface area contributed by atoms with Crippen molar-refractivity contribution in [3.05, 3.63) is 53.1 Å². The van der Waals surface area contributed by atoms with Crippen LogP contribution in [-0.2, 0) is 49.5 Å². The zero-order chi connectivity index (χ0) is 33.7. The second-order valence-electron chi connectivity index (χ2n) is 10.9. The minimum atomic E-state index is -1.59. The number of likely N-dealkylation sites (tertiary alicyclic amines) is 1. The van der Waals surface area contributed by atoms with E-state index in [0.29, 0.717) is 31.4 Å². The second-order valence-corrected chi connectivity index (χ2v) is 10.9. The number of nitrogens with zero attached hydrogens (tertiary/aromatic N) is 2. The number of amides is 2. The molecule has 6 atom stereocenters. The number of ether oxygens (including phenoxy) is 4. The van der Waals surface area contributed by atoms with Gasteiger partial charge in [-0.3, -0.25) is 24.0 Å². The quantitative estimate of drug-likeness (QED) is 0.141. The highest BCUT2D eigenvalue weighted by atomic mass is 19.1.